The Balaban J connectivity index is 1.31. The standard InChI is InChI=1S/C19H28N2O3/c1-3-17(12-20-7-1)24-18-11-19(23-14-18)6-2-8-21(15-19)13-16-4-9-22-10-5-16/h1,3,7,12,16,18H,2,4-6,8-11,13-15H2/t18-,19-/m1/s1. The van der Waals surface area contributed by atoms with Crippen molar-refractivity contribution >= 4 is 0 Å². The molecule has 132 valence electrons. The molecule has 2 atom stereocenters. The van der Waals surface area contributed by atoms with Gasteiger partial charge in [-0.15, -0.1) is 0 Å². The summed E-state index contributed by atoms with van der Waals surface area (Å²) in [7, 11) is 0. The first-order valence-electron chi connectivity index (χ1n) is 9.32. The van der Waals surface area contributed by atoms with Crippen LogP contribution in [0.4, 0.5) is 0 Å². The Morgan fingerprint density at radius 2 is 2.25 bits per heavy atom. The summed E-state index contributed by atoms with van der Waals surface area (Å²) in [6.45, 7) is 6.01. The van der Waals surface area contributed by atoms with Crippen LogP contribution in [0.1, 0.15) is 32.1 Å². The number of pyridine rings is 1. The SMILES string of the molecule is c1cncc(O[C@H]2CO[C@]3(CCCN(CC4CCOCC4)C3)C2)c1. The average molecular weight is 332 g/mol. The number of likely N-dealkylation sites (tertiary alicyclic amines) is 1. The van der Waals surface area contributed by atoms with E-state index in [0.29, 0.717) is 6.61 Å². The molecule has 0 unspecified atom stereocenters. The van der Waals surface area contributed by atoms with E-state index in [0.717, 1.165) is 44.3 Å². The van der Waals surface area contributed by atoms with E-state index in [2.05, 4.69) is 9.88 Å². The van der Waals surface area contributed by atoms with Gasteiger partial charge in [0.1, 0.15) is 11.9 Å². The average Bonchev–Trinajstić information content (AvgIpc) is 2.98. The molecule has 0 saturated carbocycles. The molecule has 1 aromatic heterocycles. The molecule has 0 amide bonds. The number of aromatic nitrogens is 1. The molecule has 5 heteroatoms. The maximum atomic E-state index is 6.27. The summed E-state index contributed by atoms with van der Waals surface area (Å²) in [5.41, 5.74) is -0.00368. The van der Waals surface area contributed by atoms with Gasteiger partial charge < -0.3 is 19.1 Å². The highest BCUT2D eigenvalue weighted by molar-refractivity contribution is 5.16. The van der Waals surface area contributed by atoms with E-state index in [1.54, 1.807) is 12.4 Å². The number of rotatable bonds is 4. The van der Waals surface area contributed by atoms with Crippen LogP contribution in [0.5, 0.6) is 5.75 Å². The van der Waals surface area contributed by atoms with Crippen LogP contribution in [0.2, 0.25) is 0 Å². The van der Waals surface area contributed by atoms with Gasteiger partial charge in [-0.3, -0.25) is 4.98 Å². The quantitative estimate of drug-likeness (QED) is 0.848. The van der Waals surface area contributed by atoms with Crippen LogP contribution >= 0.6 is 0 Å². The van der Waals surface area contributed by atoms with Crippen molar-refractivity contribution in [2.24, 2.45) is 5.92 Å². The predicted molar refractivity (Wildman–Crippen MR) is 91.2 cm³/mol. The Morgan fingerprint density at radius 3 is 3.08 bits per heavy atom. The molecule has 1 aromatic rings. The van der Waals surface area contributed by atoms with Crippen molar-refractivity contribution in [2.75, 3.05) is 39.5 Å². The molecule has 3 aliphatic rings. The lowest BCUT2D eigenvalue weighted by Gasteiger charge is -2.41. The van der Waals surface area contributed by atoms with E-state index in [4.69, 9.17) is 14.2 Å². The van der Waals surface area contributed by atoms with E-state index in [-0.39, 0.29) is 11.7 Å². The molecule has 3 saturated heterocycles. The fraction of sp³-hybridized carbons (Fsp3) is 0.737. The zero-order chi connectivity index (χ0) is 16.2. The molecular weight excluding hydrogens is 304 g/mol. The zero-order valence-corrected chi connectivity index (χ0v) is 14.4. The second-order valence-corrected chi connectivity index (χ2v) is 7.52. The lowest BCUT2D eigenvalue weighted by molar-refractivity contribution is -0.0584. The third-order valence-electron chi connectivity index (χ3n) is 5.59. The minimum atomic E-state index is -0.00368. The first-order valence-corrected chi connectivity index (χ1v) is 9.32. The van der Waals surface area contributed by atoms with Crippen molar-refractivity contribution in [1.29, 1.82) is 0 Å². The van der Waals surface area contributed by atoms with E-state index in [1.807, 2.05) is 12.1 Å². The normalized spacial score (nSPS) is 32.2. The lowest BCUT2D eigenvalue weighted by Crippen LogP contribution is -2.49. The molecular formula is C19H28N2O3. The number of piperidine rings is 1. The summed E-state index contributed by atoms with van der Waals surface area (Å²) in [5, 5.41) is 0. The highest BCUT2D eigenvalue weighted by atomic mass is 16.6. The number of hydrogen-bond acceptors (Lipinski definition) is 5. The predicted octanol–water partition coefficient (Wildman–Crippen LogP) is 2.51. The van der Waals surface area contributed by atoms with Crippen LogP contribution in [0.25, 0.3) is 0 Å². The van der Waals surface area contributed by atoms with Gasteiger partial charge in [-0.2, -0.15) is 0 Å². The van der Waals surface area contributed by atoms with E-state index < -0.39 is 0 Å². The fourth-order valence-corrected chi connectivity index (χ4v) is 4.41. The largest absolute Gasteiger partial charge is 0.486 e. The summed E-state index contributed by atoms with van der Waals surface area (Å²) in [4.78, 5) is 6.74. The number of hydrogen-bond donors (Lipinski definition) is 0. The van der Waals surface area contributed by atoms with E-state index in [1.165, 1.54) is 32.4 Å². The maximum Gasteiger partial charge on any atom is 0.138 e. The topological polar surface area (TPSA) is 43.8 Å². The molecule has 3 fully saturated rings. The molecule has 24 heavy (non-hydrogen) atoms. The highest BCUT2D eigenvalue weighted by Crippen LogP contribution is 2.36. The van der Waals surface area contributed by atoms with Gasteiger partial charge in [0.25, 0.3) is 0 Å². The van der Waals surface area contributed by atoms with E-state index in [9.17, 15) is 0 Å². The Bertz CT molecular complexity index is 521. The minimum Gasteiger partial charge on any atom is -0.486 e. The molecule has 1 spiro atoms. The van der Waals surface area contributed by atoms with Crippen molar-refractivity contribution in [1.82, 2.24) is 9.88 Å². The fourth-order valence-electron chi connectivity index (χ4n) is 4.41. The van der Waals surface area contributed by atoms with Crippen LogP contribution in [-0.2, 0) is 9.47 Å². The van der Waals surface area contributed by atoms with Crippen LogP contribution in [-0.4, -0.2) is 61.0 Å². The molecule has 0 radical (unpaired) electrons. The molecule has 4 heterocycles. The monoisotopic (exact) mass is 332 g/mol. The number of nitrogens with zero attached hydrogens (tertiary/aromatic N) is 2. The lowest BCUT2D eigenvalue weighted by atomic mass is 9.88. The molecule has 0 aromatic carbocycles. The Morgan fingerprint density at radius 1 is 1.33 bits per heavy atom. The van der Waals surface area contributed by atoms with Gasteiger partial charge in [-0.1, -0.05) is 0 Å². The smallest absolute Gasteiger partial charge is 0.138 e. The molecule has 0 N–H and O–H groups in total. The molecule has 5 nitrogen and oxygen atoms in total. The van der Waals surface area contributed by atoms with Crippen molar-refractivity contribution in [3.05, 3.63) is 24.5 Å². The van der Waals surface area contributed by atoms with Gasteiger partial charge >= 0.3 is 0 Å². The highest BCUT2D eigenvalue weighted by Gasteiger charge is 2.44. The first-order chi connectivity index (χ1) is 11.8. The van der Waals surface area contributed by atoms with E-state index >= 15 is 0 Å². The molecule has 0 aliphatic carbocycles. The summed E-state index contributed by atoms with van der Waals surface area (Å²) in [6.07, 6.45) is 9.49. The van der Waals surface area contributed by atoms with Gasteiger partial charge in [0, 0.05) is 38.9 Å². The Kier molecular flexibility index (Phi) is 5.01. The second kappa shape index (κ2) is 7.38. The van der Waals surface area contributed by atoms with Gasteiger partial charge in [0.2, 0.25) is 0 Å². The van der Waals surface area contributed by atoms with Crippen LogP contribution in [0.15, 0.2) is 24.5 Å². The third-order valence-corrected chi connectivity index (χ3v) is 5.59. The molecule has 3 aliphatic heterocycles. The van der Waals surface area contributed by atoms with Crippen molar-refractivity contribution in [3.8, 4) is 5.75 Å². The van der Waals surface area contributed by atoms with Crippen LogP contribution in [0, 0.1) is 5.92 Å². The van der Waals surface area contributed by atoms with Gasteiger partial charge in [-0.05, 0) is 50.3 Å². The van der Waals surface area contributed by atoms with Crippen molar-refractivity contribution in [2.45, 2.75) is 43.8 Å². The maximum absolute atomic E-state index is 6.27. The van der Waals surface area contributed by atoms with Crippen molar-refractivity contribution in [3.63, 3.8) is 0 Å². The first kappa shape index (κ1) is 16.3. The Labute approximate surface area is 144 Å². The Hall–Kier alpha value is -1.17. The third kappa shape index (κ3) is 3.90. The molecule has 4 rings (SSSR count). The minimum absolute atomic E-state index is 0.00368. The van der Waals surface area contributed by atoms with Crippen molar-refractivity contribution < 1.29 is 14.2 Å². The zero-order valence-electron chi connectivity index (χ0n) is 14.4. The van der Waals surface area contributed by atoms with Crippen LogP contribution in [0.3, 0.4) is 0 Å². The summed E-state index contributed by atoms with van der Waals surface area (Å²) >= 11 is 0. The van der Waals surface area contributed by atoms with Crippen LogP contribution < -0.4 is 4.74 Å². The molecule has 0 bridgehead atoms. The number of ether oxygens (including phenoxy) is 3. The van der Waals surface area contributed by atoms with Gasteiger partial charge in [-0.25, -0.2) is 0 Å². The van der Waals surface area contributed by atoms with Gasteiger partial charge in [0.15, 0.2) is 0 Å². The van der Waals surface area contributed by atoms with Gasteiger partial charge in [0.05, 0.1) is 18.4 Å². The summed E-state index contributed by atoms with van der Waals surface area (Å²) in [6, 6.07) is 3.88. The summed E-state index contributed by atoms with van der Waals surface area (Å²) in [5.74, 6) is 1.63. The second-order valence-electron chi connectivity index (χ2n) is 7.52. The summed E-state index contributed by atoms with van der Waals surface area (Å²) < 4.78 is 17.8.